The van der Waals surface area contributed by atoms with E-state index in [0.717, 1.165) is 29.0 Å². The molecule has 2 aromatic carbocycles. The lowest BCUT2D eigenvalue weighted by atomic mass is 10.1. The van der Waals surface area contributed by atoms with Crippen molar-refractivity contribution in [1.29, 1.82) is 0 Å². The largest absolute Gasteiger partial charge is 0.439 e. The van der Waals surface area contributed by atoms with Gasteiger partial charge in [-0.2, -0.15) is 5.10 Å². The fraction of sp³-hybridized carbons (Fsp3) is 0.464. The molecular formula is C28H39N3O3. The molecule has 6 nitrogen and oxygen atoms in total. The third kappa shape index (κ3) is 6.92. The molecule has 0 bridgehead atoms. The van der Waals surface area contributed by atoms with E-state index in [0.29, 0.717) is 25.6 Å². The third-order valence-electron chi connectivity index (χ3n) is 6.01. The van der Waals surface area contributed by atoms with Crippen molar-refractivity contribution in [3.63, 3.8) is 0 Å². The molecule has 34 heavy (non-hydrogen) atoms. The van der Waals surface area contributed by atoms with Crippen LogP contribution >= 0.6 is 0 Å². The lowest BCUT2D eigenvalue weighted by Gasteiger charge is -2.31. The molecule has 3 rings (SSSR count). The van der Waals surface area contributed by atoms with Crippen molar-refractivity contribution < 1.29 is 14.6 Å². The summed E-state index contributed by atoms with van der Waals surface area (Å²) in [5.74, 6) is 1.49. The minimum absolute atomic E-state index is 0.0872. The number of hydrogen-bond acceptors (Lipinski definition) is 5. The number of ether oxygens (including phenoxy) is 2. The molecule has 0 fully saturated rings. The summed E-state index contributed by atoms with van der Waals surface area (Å²) >= 11 is 0. The monoisotopic (exact) mass is 465 g/mol. The van der Waals surface area contributed by atoms with Gasteiger partial charge >= 0.3 is 0 Å². The van der Waals surface area contributed by atoms with Gasteiger partial charge in [-0.05, 0) is 46.2 Å². The molecule has 2 atom stereocenters. The minimum Gasteiger partial charge on any atom is -0.439 e. The molecule has 1 N–H and O–H groups in total. The van der Waals surface area contributed by atoms with E-state index in [4.69, 9.17) is 14.6 Å². The van der Waals surface area contributed by atoms with E-state index >= 15 is 0 Å². The average Bonchev–Trinajstić information content (AvgIpc) is 3.13. The Labute approximate surface area is 204 Å². The quantitative estimate of drug-likeness (QED) is 0.379. The van der Waals surface area contributed by atoms with Crippen LogP contribution in [0.5, 0.6) is 11.6 Å². The summed E-state index contributed by atoms with van der Waals surface area (Å²) in [4.78, 5) is 2.29. The van der Waals surface area contributed by atoms with Gasteiger partial charge in [-0.1, -0.05) is 55.0 Å². The number of aliphatic hydroxyl groups excluding tert-OH is 1. The van der Waals surface area contributed by atoms with Gasteiger partial charge in [0.05, 0.1) is 24.4 Å². The zero-order valence-electron chi connectivity index (χ0n) is 21.4. The highest BCUT2D eigenvalue weighted by molar-refractivity contribution is 5.65. The van der Waals surface area contributed by atoms with Crippen molar-refractivity contribution in [1.82, 2.24) is 14.7 Å². The molecular weight excluding hydrogens is 426 g/mol. The summed E-state index contributed by atoms with van der Waals surface area (Å²) in [7, 11) is 1.92. The zero-order chi connectivity index (χ0) is 24.7. The van der Waals surface area contributed by atoms with Gasteiger partial charge in [0.25, 0.3) is 0 Å². The van der Waals surface area contributed by atoms with Gasteiger partial charge < -0.3 is 14.6 Å². The molecule has 0 spiro atoms. The third-order valence-corrected chi connectivity index (χ3v) is 6.01. The van der Waals surface area contributed by atoms with Crippen LogP contribution in [0.1, 0.15) is 45.2 Å². The maximum atomic E-state index is 10.7. The standard InChI is InChI=1S/C28H39N3O3/c1-7-22(5)31(17-24(32)19-33-20(2)3)18-26-27(23-11-9-8-10-12-23)29-30(6)28(26)34-25-15-13-21(4)14-16-25/h8-16,20,22,24,32H,7,17-19H2,1-6H3/t22-,24-/m0/s1. The number of aliphatic hydroxyl groups is 1. The van der Waals surface area contributed by atoms with Crippen LogP contribution in [0.4, 0.5) is 0 Å². The van der Waals surface area contributed by atoms with Crippen LogP contribution in [0.3, 0.4) is 0 Å². The van der Waals surface area contributed by atoms with Crippen LogP contribution in [0.15, 0.2) is 54.6 Å². The van der Waals surface area contributed by atoms with Crippen LogP contribution in [-0.2, 0) is 18.3 Å². The normalized spacial score (nSPS) is 13.4. The summed E-state index contributed by atoms with van der Waals surface area (Å²) in [5, 5.41) is 15.5. The molecule has 0 radical (unpaired) electrons. The van der Waals surface area contributed by atoms with Crippen molar-refractivity contribution in [3.05, 3.63) is 65.7 Å². The van der Waals surface area contributed by atoms with Gasteiger partial charge in [0.2, 0.25) is 5.88 Å². The molecule has 0 unspecified atom stereocenters. The first-order valence-corrected chi connectivity index (χ1v) is 12.2. The summed E-state index contributed by atoms with van der Waals surface area (Å²) in [6, 6.07) is 18.5. The Morgan fingerprint density at radius 3 is 2.32 bits per heavy atom. The van der Waals surface area contributed by atoms with Gasteiger partial charge in [0, 0.05) is 31.7 Å². The Balaban J connectivity index is 1.97. The Morgan fingerprint density at radius 1 is 1.03 bits per heavy atom. The van der Waals surface area contributed by atoms with E-state index in [1.165, 1.54) is 5.56 Å². The topological polar surface area (TPSA) is 59.8 Å². The average molecular weight is 466 g/mol. The molecule has 184 valence electrons. The van der Waals surface area contributed by atoms with Crippen LogP contribution in [0, 0.1) is 6.92 Å². The number of rotatable bonds is 12. The molecule has 0 aliphatic rings. The SMILES string of the molecule is CC[C@H](C)N(Cc1c(-c2ccccc2)nn(C)c1Oc1ccc(C)cc1)C[C@H](O)COC(C)C. The zero-order valence-corrected chi connectivity index (χ0v) is 21.4. The van der Waals surface area contributed by atoms with Crippen molar-refractivity contribution in [3.8, 4) is 22.9 Å². The van der Waals surface area contributed by atoms with E-state index in [-0.39, 0.29) is 12.1 Å². The Hall–Kier alpha value is -2.67. The second kappa shape index (κ2) is 12.2. The summed E-state index contributed by atoms with van der Waals surface area (Å²) < 4.78 is 13.9. The highest BCUT2D eigenvalue weighted by Gasteiger charge is 2.25. The van der Waals surface area contributed by atoms with Gasteiger partial charge in [-0.25, -0.2) is 4.68 Å². The van der Waals surface area contributed by atoms with E-state index in [2.05, 4.69) is 37.8 Å². The summed E-state index contributed by atoms with van der Waals surface area (Å²) in [6.07, 6.45) is 0.478. The molecule has 0 aliphatic heterocycles. The molecule has 0 saturated heterocycles. The van der Waals surface area contributed by atoms with Gasteiger partial charge in [-0.15, -0.1) is 0 Å². The van der Waals surface area contributed by atoms with Crippen LogP contribution < -0.4 is 4.74 Å². The molecule has 3 aromatic rings. The minimum atomic E-state index is -0.574. The predicted molar refractivity (Wildman–Crippen MR) is 137 cm³/mol. The lowest BCUT2D eigenvalue weighted by molar-refractivity contribution is -0.0149. The predicted octanol–water partition coefficient (Wildman–Crippen LogP) is 5.57. The molecule has 0 aliphatic carbocycles. The summed E-state index contributed by atoms with van der Waals surface area (Å²) in [5.41, 5.74) is 4.13. The molecule has 6 heteroatoms. The smallest absolute Gasteiger partial charge is 0.222 e. The highest BCUT2D eigenvalue weighted by Crippen LogP contribution is 2.34. The van der Waals surface area contributed by atoms with Crippen LogP contribution in [0.2, 0.25) is 0 Å². The van der Waals surface area contributed by atoms with Crippen molar-refractivity contribution in [2.24, 2.45) is 7.05 Å². The Bertz CT molecular complexity index is 1020. The number of hydrogen-bond donors (Lipinski definition) is 1. The van der Waals surface area contributed by atoms with Gasteiger partial charge in [-0.3, -0.25) is 4.90 Å². The van der Waals surface area contributed by atoms with Crippen molar-refractivity contribution in [2.45, 2.75) is 65.8 Å². The number of benzene rings is 2. The molecule has 0 saturated carbocycles. The molecule has 0 amide bonds. The highest BCUT2D eigenvalue weighted by atomic mass is 16.5. The van der Waals surface area contributed by atoms with Crippen LogP contribution in [-0.4, -0.2) is 51.2 Å². The number of aryl methyl sites for hydroxylation is 2. The van der Waals surface area contributed by atoms with Crippen molar-refractivity contribution >= 4 is 0 Å². The van der Waals surface area contributed by atoms with Crippen LogP contribution in [0.25, 0.3) is 11.3 Å². The first-order valence-electron chi connectivity index (χ1n) is 12.2. The van der Waals surface area contributed by atoms with E-state index in [1.54, 1.807) is 0 Å². The maximum Gasteiger partial charge on any atom is 0.222 e. The number of aromatic nitrogens is 2. The molecule has 1 heterocycles. The lowest BCUT2D eigenvalue weighted by Crippen LogP contribution is -2.40. The second-order valence-corrected chi connectivity index (χ2v) is 9.26. The first-order chi connectivity index (χ1) is 16.3. The van der Waals surface area contributed by atoms with Gasteiger partial charge in [0.1, 0.15) is 11.4 Å². The number of nitrogens with zero attached hydrogens (tertiary/aromatic N) is 3. The van der Waals surface area contributed by atoms with Crippen molar-refractivity contribution in [2.75, 3.05) is 13.2 Å². The van der Waals surface area contributed by atoms with E-state index in [9.17, 15) is 5.11 Å². The fourth-order valence-corrected chi connectivity index (χ4v) is 3.86. The molecule has 1 aromatic heterocycles. The summed E-state index contributed by atoms with van der Waals surface area (Å²) in [6.45, 7) is 11.8. The maximum absolute atomic E-state index is 10.7. The van der Waals surface area contributed by atoms with E-state index < -0.39 is 6.10 Å². The second-order valence-electron chi connectivity index (χ2n) is 9.26. The fourth-order valence-electron chi connectivity index (χ4n) is 3.86. The first kappa shape index (κ1) is 25.9. The van der Waals surface area contributed by atoms with Gasteiger partial charge in [0.15, 0.2) is 0 Å². The Kier molecular flexibility index (Phi) is 9.28. The Morgan fingerprint density at radius 2 is 1.71 bits per heavy atom. The van der Waals surface area contributed by atoms with E-state index in [1.807, 2.05) is 68.0 Å².